The Morgan fingerprint density at radius 3 is 2.68 bits per heavy atom. The number of anilines is 1. The van der Waals surface area contributed by atoms with Crippen LogP contribution in [0.1, 0.15) is 25.7 Å². The minimum absolute atomic E-state index is 0.189. The van der Waals surface area contributed by atoms with E-state index in [1.807, 2.05) is 24.4 Å². The van der Waals surface area contributed by atoms with Gasteiger partial charge in [0.05, 0.1) is 12.0 Å². The van der Waals surface area contributed by atoms with Gasteiger partial charge < -0.3 is 10.4 Å². The summed E-state index contributed by atoms with van der Waals surface area (Å²) in [5, 5.41) is 14.2. The average molecular weight is 295 g/mol. The summed E-state index contributed by atoms with van der Waals surface area (Å²) in [5.41, 5.74) is 0.908. The van der Waals surface area contributed by atoms with Gasteiger partial charge in [0.15, 0.2) is 0 Å². The lowest BCUT2D eigenvalue weighted by molar-refractivity contribution is -0.115. The van der Waals surface area contributed by atoms with Crippen molar-refractivity contribution in [3.63, 3.8) is 0 Å². The van der Waals surface area contributed by atoms with Crippen LogP contribution in [0.5, 0.6) is 0 Å². The van der Waals surface area contributed by atoms with Gasteiger partial charge >= 0.3 is 5.97 Å². The van der Waals surface area contributed by atoms with E-state index in [2.05, 4.69) is 5.32 Å². The number of rotatable bonds is 4. The Labute approximate surface area is 118 Å². The minimum Gasteiger partial charge on any atom is -0.478 e. The first-order chi connectivity index (χ1) is 8.99. The maximum absolute atomic E-state index is 11.9. The zero-order valence-corrected chi connectivity index (χ0v) is 12.2. The van der Waals surface area contributed by atoms with Crippen LogP contribution in [0.2, 0.25) is 0 Å². The quantitative estimate of drug-likeness (QED) is 0.909. The van der Waals surface area contributed by atoms with E-state index < -0.39 is 5.97 Å². The highest BCUT2D eigenvalue weighted by Gasteiger charge is 2.20. The maximum Gasteiger partial charge on any atom is 0.338 e. The van der Waals surface area contributed by atoms with Crippen molar-refractivity contribution in [2.24, 2.45) is 0 Å². The molecule has 0 aliphatic rings. The Kier molecular flexibility index (Phi) is 4.01. The van der Waals surface area contributed by atoms with E-state index in [9.17, 15) is 14.7 Å². The number of carbonyl (C=O) groups excluding carboxylic acids is 1. The third kappa shape index (κ3) is 3.02. The molecule has 0 aliphatic carbocycles. The number of hydrogen-bond donors (Lipinski definition) is 2. The lowest BCUT2D eigenvalue weighted by atomic mass is 10.1. The summed E-state index contributed by atoms with van der Waals surface area (Å²) >= 11 is 2.81. The molecule has 0 unspecified atom stereocenters. The van der Waals surface area contributed by atoms with Gasteiger partial charge in [-0.25, -0.2) is 4.79 Å². The molecule has 2 N–H and O–H groups in total. The van der Waals surface area contributed by atoms with E-state index in [1.54, 1.807) is 6.92 Å². The van der Waals surface area contributed by atoms with Crippen molar-refractivity contribution in [1.29, 1.82) is 0 Å². The lowest BCUT2D eigenvalue weighted by Gasteiger charge is -2.03. The number of thiophene rings is 2. The van der Waals surface area contributed by atoms with Crippen LogP contribution in [0.15, 0.2) is 17.5 Å². The number of carboxylic acids is 1. The van der Waals surface area contributed by atoms with Gasteiger partial charge in [-0.3, -0.25) is 4.79 Å². The fraction of sp³-hybridized carbons (Fsp3) is 0.231. The molecule has 1 amide bonds. The maximum atomic E-state index is 11.9. The molecule has 0 spiro atoms. The van der Waals surface area contributed by atoms with Crippen LogP contribution in [0.25, 0.3) is 0 Å². The third-order valence-corrected chi connectivity index (χ3v) is 4.77. The molecular formula is C13H13NO3S2. The molecule has 0 bridgehead atoms. The highest BCUT2D eigenvalue weighted by atomic mass is 32.1. The molecule has 2 rings (SSSR count). The van der Waals surface area contributed by atoms with Crippen molar-refractivity contribution in [2.75, 3.05) is 5.32 Å². The normalized spacial score (nSPS) is 10.4. The van der Waals surface area contributed by atoms with E-state index >= 15 is 0 Å². The smallest absolute Gasteiger partial charge is 0.338 e. The number of aryl methyl sites for hydroxylation is 1. The van der Waals surface area contributed by atoms with Crippen molar-refractivity contribution in [2.45, 2.75) is 20.3 Å². The van der Waals surface area contributed by atoms with E-state index in [0.717, 1.165) is 9.75 Å². The molecular weight excluding hydrogens is 282 g/mol. The highest BCUT2D eigenvalue weighted by molar-refractivity contribution is 7.16. The number of hydrogen-bond acceptors (Lipinski definition) is 4. The van der Waals surface area contributed by atoms with E-state index in [0.29, 0.717) is 10.6 Å². The summed E-state index contributed by atoms with van der Waals surface area (Å²) < 4.78 is 0. The standard InChI is InChI=1S/C13H13NO3S2/c1-7-8(2)19-12(11(7)13(16)17)14-10(15)6-9-4-3-5-18-9/h3-5H,6H2,1-2H3,(H,14,15)(H,16,17). The Bertz CT molecular complexity index is 614. The van der Waals surface area contributed by atoms with Gasteiger partial charge in [-0.1, -0.05) is 6.07 Å². The number of aromatic carboxylic acids is 1. The van der Waals surface area contributed by atoms with Crippen LogP contribution in [0.4, 0.5) is 5.00 Å². The highest BCUT2D eigenvalue weighted by Crippen LogP contribution is 2.32. The van der Waals surface area contributed by atoms with Crippen molar-refractivity contribution in [3.05, 3.63) is 38.4 Å². The van der Waals surface area contributed by atoms with Crippen LogP contribution in [-0.4, -0.2) is 17.0 Å². The van der Waals surface area contributed by atoms with Crippen molar-refractivity contribution in [1.82, 2.24) is 0 Å². The summed E-state index contributed by atoms with van der Waals surface area (Å²) in [6.45, 7) is 3.60. The van der Waals surface area contributed by atoms with Gasteiger partial charge in [-0.15, -0.1) is 22.7 Å². The summed E-state index contributed by atoms with van der Waals surface area (Å²) in [7, 11) is 0. The molecule has 2 aromatic rings. The molecule has 19 heavy (non-hydrogen) atoms. The molecule has 4 nitrogen and oxygen atoms in total. The number of carbonyl (C=O) groups is 2. The molecule has 2 aromatic heterocycles. The van der Waals surface area contributed by atoms with Gasteiger partial charge in [0, 0.05) is 9.75 Å². The molecule has 0 saturated heterocycles. The van der Waals surface area contributed by atoms with Gasteiger partial charge in [0.2, 0.25) is 5.91 Å². The van der Waals surface area contributed by atoms with Crippen molar-refractivity contribution >= 4 is 39.6 Å². The second-order valence-electron chi connectivity index (χ2n) is 4.10. The van der Waals surface area contributed by atoms with Crippen molar-refractivity contribution in [3.8, 4) is 0 Å². The topological polar surface area (TPSA) is 66.4 Å². The molecule has 0 aliphatic heterocycles. The van der Waals surface area contributed by atoms with E-state index in [-0.39, 0.29) is 17.9 Å². The second kappa shape index (κ2) is 5.54. The van der Waals surface area contributed by atoms with Crippen LogP contribution in [0.3, 0.4) is 0 Å². The Morgan fingerprint density at radius 2 is 2.11 bits per heavy atom. The molecule has 0 fully saturated rings. The first-order valence-corrected chi connectivity index (χ1v) is 7.34. The Balaban J connectivity index is 2.17. The van der Waals surface area contributed by atoms with E-state index in [4.69, 9.17) is 0 Å². The van der Waals surface area contributed by atoms with Crippen molar-refractivity contribution < 1.29 is 14.7 Å². The predicted molar refractivity (Wildman–Crippen MR) is 77.4 cm³/mol. The molecule has 0 saturated carbocycles. The van der Waals surface area contributed by atoms with Crippen LogP contribution in [0, 0.1) is 13.8 Å². The first kappa shape index (κ1) is 13.8. The molecule has 0 atom stereocenters. The summed E-state index contributed by atoms with van der Waals surface area (Å²) in [5.74, 6) is -1.19. The first-order valence-electron chi connectivity index (χ1n) is 5.64. The van der Waals surface area contributed by atoms with Crippen LogP contribution in [-0.2, 0) is 11.2 Å². The van der Waals surface area contributed by atoms with Gasteiger partial charge in [-0.05, 0) is 30.9 Å². The van der Waals surface area contributed by atoms with Crippen LogP contribution >= 0.6 is 22.7 Å². The second-order valence-corrected chi connectivity index (χ2v) is 6.35. The summed E-state index contributed by atoms with van der Waals surface area (Å²) in [4.78, 5) is 25.0. The number of carboxylic acid groups (broad SMARTS) is 1. The molecule has 100 valence electrons. The molecule has 2 heterocycles. The predicted octanol–water partition coefficient (Wildman–Crippen LogP) is 3.31. The zero-order chi connectivity index (χ0) is 14.0. The van der Waals surface area contributed by atoms with Gasteiger partial charge in [0.25, 0.3) is 0 Å². The van der Waals surface area contributed by atoms with Crippen LogP contribution < -0.4 is 5.32 Å². The Hall–Kier alpha value is -1.66. The Morgan fingerprint density at radius 1 is 1.37 bits per heavy atom. The molecule has 0 aromatic carbocycles. The fourth-order valence-electron chi connectivity index (χ4n) is 1.71. The number of amides is 1. The number of nitrogens with one attached hydrogen (secondary N) is 1. The van der Waals surface area contributed by atoms with Gasteiger partial charge in [0.1, 0.15) is 5.00 Å². The molecule has 6 heteroatoms. The van der Waals surface area contributed by atoms with Gasteiger partial charge in [-0.2, -0.15) is 0 Å². The lowest BCUT2D eigenvalue weighted by Crippen LogP contribution is -2.15. The largest absolute Gasteiger partial charge is 0.478 e. The average Bonchev–Trinajstić information content (AvgIpc) is 2.88. The third-order valence-electron chi connectivity index (χ3n) is 2.77. The van der Waals surface area contributed by atoms with E-state index in [1.165, 1.54) is 22.7 Å². The molecule has 0 radical (unpaired) electrons. The summed E-state index contributed by atoms with van der Waals surface area (Å²) in [6.07, 6.45) is 0.271. The fourth-order valence-corrected chi connectivity index (χ4v) is 3.49. The minimum atomic E-state index is -1.01. The SMILES string of the molecule is Cc1sc(NC(=O)Cc2cccs2)c(C(=O)O)c1C. The summed E-state index contributed by atoms with van der Waals surface area (Å²) in [6, 6.07) is 3.77. The monoisotopic (exact) mass is 295 g/mol. The zero-order valence-electron chi connectivity index (χ0n) is 10.5.